The Morgan fingerprint density at radius 3 is 2.81 bits per heavy atom. The SMILES string of the molecule is Cn1nccc1CCC(=O)CCCCCN. The minimum Gasteiger partial charge on any atom is -0.330 e. The van der Waals surface area contributed by atoms with Crippen LogP contribution < -0.4 is 5.73 Å². The van der Waals surface area contributed by atoms with Gasteiger partial charge in [-0.05, 0) is 31.9 Å². The first-order valence-corrected chi connectivity index (χ1v) is 5.92. The lowest BCUT2D eigenvalue weighted by Crippen LogP contribution is -2.04. The van der Waals surface area contributed by atoms with Gasteiger partial charge in [-0.15, -0.1) is 0 Å². The Labute approximate surface area is 96.8 Å². The normalized spacial score (nSPS) is 10.6. The molecule has 0 aliphatic heterocycles. The molecule has 2 N–H and O–H groups in total. The maximum Gasteiger partial charge on any atom is 0.133 e. The van der Waals surface area contributed by atoms with Crippen LogP contribution in [-0.4, -0.2) is 22.1 Å². The van der Waals surface area contributed by atoms with Crippen molar-refractivity contribution in [3.63, 3.8) is 0 Å². The molecule has 16 heavy (non-hydrogen) atoms. The largest absolute Gasteiger partial charge is 0.330 e. The number of aryl methyl sites for hydroxylation is 2. The topological polar surface area (TPSA) is 60.9 Å². The van der Waals surface area contributed by atoms with Crippen LogP contribution in [0.15, 0.2) is 12.3 Å². The summed E-state index contributed by atoms with van der Waals surface area (Å²) in [7, 11) is 1.90. The Morgan fingerprint density at radius 2 is 2.19 bits per heavy atom. The molecule has 4 heteroatoms. The Morgan fingerprint density at radius 1 is 1.38 bits per heavy atom. The number of hydrogen-bond donors (Lipinski definition) is 1. The molecule has 90 valence electrons. The second-order valence-electron chi connectivity index (χ2n) is 4.08. The minimum absolute atomic E-state index is 0.346. The Balaban J connectivity index is 2.13. The number of rotatable bonds is 8. The van der Waals surface area contributed by atoms with Crippen LogP contribution in [0, 0.1) is 0 Å². The molecule has 0 atom stereocenters. The van der Waals surface area contributed by atoms with Crippen LogP contribution in [0.3, 0.4) is 0 Å². The summed E-state index contributed by atoms with van der Waals surface area (Å²) in [6, 6.07) is 1.96. The van der Waals surface area contributed by atoms with E-state index in [9.17, 15) is 4.79 Å². The molecule has 0 amide bonds. The summed E-state index contributed by atoms with van der Waals surface area (Å²) in [5.74, 6) is 0.346. The number of carbonyl (C=O) groups is 1. The molecular formula is C12H21N3O. The van der Waals surface area contributed by atoms with Gasteiger partial charge in [-0.3, -0.25) is 9.48 Å². The van der Waals surface area contributed by atoms with Gasteiger partial charge in [0.15, 0.2) is 0 Å². The fraction of sp³-hybridized carbons (Fsp3) is 0.667. The summed E-state index contributed by atoms with van der Waals surface area (Å²) in [5, 5.41) is 4.07. The van der Waals surface area contributed by atoms with Crippen LogP contribution in [0.2, 0.25) is 0 Å². The van der Waals surface area contributed by atoms with E-state index in [1.54, 1.807) is 6.20 Å². The van der Waals surface area contributed by atoms with Gasteiger partial charge >= 0.3 is 0 Å². The van der Waals surface area contributed by atoms with Gasteiger partial charge < -0.3 is 5.73 Å². The van der Waals surface area contributed by atoms with Crippen LogP contribution in [0.4, 0.5) is 0 Å². The summed E-state index contributed by atoms with van der Waals surface area (Å²) in [4.78, 5) is 11.6. The number of carbonyl (C=O) groups excluding carboxylic acids is 1. The van der Waals surface area contributed by atoms with Gasteiger partial charge in [0, 0.05) is 31.8 Å². The van der Waals surface area contributed by atoms with E-state index in [-0.39, 0.29) is 0 Å². The highest BCUT2D eigenvalue weighted by molar-refractivity contribution is 5.78. The van der Waals surface area contributed by atoms with Gasteiger partial charge in [0.1, 0.15) is 5.78 Å². The van der Waals surface area contributed by atoms with Crippen molar-refractivity contribution in [3.8, 4) is 0 Å². The molecule has 1 rings (SSSR count). The first-order valence-electron chi connectivity index (χ1n) is 5.92. The molecule has 0 unspecified atom stereocenters. The lowest BCUT2D eigenvalue weighted by molar-refractivity contribution is -0.119. The van der Waals surface area contributed by atoms with E-state index < -0.39 is 0 Å². The number of Topliss-reactive ketones (excluding diaryl/α,β-unsaturated/α-hetero) is 1. The minimum atomic E-state index is 0.346. The molecule has 0 fully saturated rings. The molecule has 0 aliphatic rings. The van der Waals surface area contributed by atoms with Crippen LogP contribution in [0.25, 0.3) is 0 Å². The molecule has 0 aliphatic carbocycles. The van der Waals surface area contributed by atoms with Crippen molar-refractivity contribution in [1.29, 1.82) is 0 Å². The standard InChI is InChI=1S/C12H21N3O/c1-15-11(8-10-14-15)6-7-12(16)5-3-2-4-9-13/h8,10H,2-7,9,13H2,1H3. The first-order chi connectivity index (χ1) is 7.74. The fourth-order valence-electron chi connectivity index (χ4n) is 1.68. The second-order valence-corrected chi connectivity index (χ2v) is 4.08. The Hall–Kier alpha value is -1.16. The monoisotopic (exact) mass is 223 g/mol. The van der Waals surface area contributed by atoms with E-state index in [4.69, 9.17) is 5.73 Å². The summed E-state index contributed by atoms with van der Waals surface area (Å²) >= 11 is 0. The van der Waals surface area contributed by atoms with Gasteiger partial charge in [-0.25, -0.2) is 0 Å². The third kappa shape index (κ3) is 4.57. The van der Waals surface area contributed by atoms with Crippen molar-refractivity contribution in [2.24, 2.45) is 12.8 Å². The molecule has 0 spiro atoms. The number of ketones is 1. The van der Waals surface area contributed by atoms with E-state index in [1.807, 2.05) is 17.8 Å². The zero-order valence-corrected chi connectivity index (χ0v) is 9.98. The molecule has 0 aromatic carbocycles. The van der Waals surface area contributed by atoms with Gasteiger partial charge in [0.25, 0.3) is 0 Å². The highest BCUT2D eigenvalue weighted by Gasteiger charge is 2.04. The van der Waals surface area contributed by atoms with Gasteiger partial charge in [0.05, 0.1) is 0 Å². The third-order valence-corrected chi connectivity index (χ3v) is 2.74. The van der Waals surface area contributed by atoms with Crippen LogP contribution in [0.1, 0.15) is 37.8 Å². The van der Waals surface area contributed by atoms with E-state index in [0.717, 1.165) is 37.9 Å². The number of aromatic nitrogens is 2. The lowest BCUT2D eigenvalue weighted by Gasteiger charge is -2.02. The van der Waals surface area contributed by atoms with Crippen LogP contribution in [-0.2, 0) is 18.3 Å². The van der Waals surface area contributed by atoms with E-state index in [1.165, 1.54) is 0 Å². The van der Waals surface area contributed by atoms with Crippen LogP contribution >= 0.6 is 0 Å². The smallest absolute Gasteiger partial charge is 0.133 e. The Bertz CT molecular complexity index is 320. The lowest BCUT2D eigenvalue weighted by atomic mass is 10.1. The average Bonchev–Trinajstić information content (AvgIpc) is 2.67. The van der Waals surface area contributed by atoms with Gasteiger partial charge in [-0.2, -0.15) is 5.10 Å². The molecule has 0 saturated heterocycles. The molecule has 0 bridgehead atoms. The van der Waals surface area contributed by atoms with E-state index >= 15 is 0 Å². The van der Waals surface area contributed by atoms with Crippen molar-refractivity contribution in [2.75, 3.05) is 6.54 Å². The maximum atomic E-state index is 11.6. The van der Waals surface area contributed by atoms with Crippen LogP contribution in [0.5, 0.6) is 0 Å². The van der Waals surface area contributed by atoms with Gasteiger partial charge in [0.2, 0.25) is 0 Å². The summed E-state index contributed by atoms with van der Waals surface area (Å²) in [6.45, 7) is 0.725. The quantitative estimate of drug-likeness (QED) is 0.678. The first kappa shape index (κ1) is 12.9. The Kier molecular flexibility index (Phi) is 5.78. The van der Waals surface area contributed by atoms with Crippen molar-refractivity contribution in [1.82, 2.24) is 9.78 Å². The number of hydrogen-bond acceptors (Lipinski definition) is 3. The fourth-order valence-corrected chi connectivity index (χ4v) is 1.68. The molecule has 1 heterocycles. The molecule has 0 saturated carbocycles. The highest BCUT2D eigenvalue weighted by Crippen LogP contribution is 2.06. The zero-order valence-electron chi connectivity index (χ0n) is 9.98. The van der Waals surface area contributed by atoms with Crippen molar-refractivity contribution in [2.45, 2.75) is 38.5 Å². The number of nitrogens with zero attached hydrogens (tertiary/aromatic N) is 2. The highest BCUT2D eigenvalue weighted by atomic mass is 16.1. The molecular weight excluding hydrogens is 202 g/mol. The molecule has 0 radical (unpaired) electrons. The number of unbranched alkanes of at least 4 members (excludes halogenated alkanes) is 2. The van der Waals surface area contributed by atoms with E-state index in [0.29, 0.717) is 18.6 Å². The predicted molar refractivity (Wildman–Crippen MR) is 64.1 cm³/mol. The molecule has 1 aromatic heterocycles. The summed E-state index contributed by atoms with van der Waals surface area (Å²) in [5.41, 5.74) is 6.51. The second kappa shape index (κ2) is 7.17. The van der Waals surface area contributed by atoms with Gasteiger partial charge in [-0.1, -0.05) is 6.42 Å². The van der Waals surface area contributed by atoms with E-state index in [2.05, 4.69) is 5.10 Å². The predicted octanol–water partition coefficient (Wildman–Crippen LogP) is 1.44. The average molecular weight is 223 g/mol. The zero-order chi connectivity index (χ0) is 11.8. The third-order valence-electron chi connectivity index (χ3n) is 2.74. The summed E-state index contributed by atoms with van der Waals surface area (Å²) in [6.07, 6.45) is 6.94. The number of nitrogens with two attached hydrogens (primary N) is 1. The van der Waals surface area contributed by atoms with Crippen molar-refractivity contribution < 1.29 is 4.79 Å². The van der Waals surface area contributed by atoms with Crippen molar-refractivity contribution in [3.05, 3.63) is 18.0 Å². The van der Waals surface area contributed by atoms with Crippen molar-refractivity contribution >= 4 is 5.78 Å². The molecule has 1 aromatic rings. The molecule has 4 nitrogen and oxygen atoms in total. The summed E-state index contributed by atoms with van der Waals surface area (Å²) < 4.78 is 1.82. The maximum absolute atomic E-state index is 11.6.